The number of hydrogen-bond donors (Lipinski definition) is 1. The van der Waals surface area contributed by atoms with Gasteiger partial charge in [0.1, 0.15) is 12.4 Å². The van der Waals surface area contributed by atoms with Crippen LogP contribution in [-0.4, -0.2) is 46.3 Å². The van der Waals surface area contributed by atoms with Gasteiger partial charge in [-0.05, 0) is 70.6 Å². The Hall–Kier alpha value is -3.17. The number of nitrogens with one attached hydrogen (secondary N) is 1. The van der Waals surface area contributed by atoms with Gasteiger partial charge in [-0.2, -0.15) is 0 Å². The molecular formula is C28H29BrFNO6. The fourth-order valence-electron chi connectivity index (χ4n) is 4.97. The summed E-state index contributed by atoms with van der Waals surface area (Å²) < 4.78 is 35.6. The van der Waals surface area contributed by atoms with Crippen molar-refractivity contribution in [2.24, 2.45) is 0 Å². The Morgan fingerprint density at radius 2 is 1.76 bits per heavy atom. The number of halogens is 2. The quantitative estimate of drug-likeness (QED) is 0.345. The molecule has 2 aromatic carbocycles. The van der Waals surface area contributed by atoms with E-state index in [0.29, 0.717) is 40.3 Å². The summed E-state index contributed by atoms with van der Waals surface area (Å²) in [7, 11) is 4.67. The fourth-order valence-corrected chi connectivity index (χ4v) is 5.37. The fraction of sp³-hybridized carbons (Fsp3) is 0.357. The van der Waals surface area contributed by atoms with Gasteiger partial charge in [0, 0.05) is 36.4 Å². The lowest BCUT2D eigenvalue weighted by Gasteiger charge is -2.37. The molecule has 2 aliphatic rings. The van der Waals surface area contributed by atoms with E-state index >= 15 is 0 Å². The first kappa shape index (κ1) is 26.9. The van der Waals surface area contributed by atoms with Crippen molar-refractivity contribution in [1.82, 2.24) is 5.32 Å². The van der Waals surface area contributed by atoms with Gasteiger partial charge in [0.05, 0.1) is 30.9 Å². The topological polar surface area (TPSA) is 83.1 Å². The van der Waals surface area contributed by atoms with Gasteiger partial charge >= 0.3 is 5.97 Å². The van der Waals surface area contributed by atoms with Crippen LogP contribution in [0.4, 0.5) is 4.39 Å². The summed E-state index contributed by atoms with van der Waals surface area (Å²) >= 11 is 3.24. The number of Topliss-reactive ketones (excluding diaryl/α,β-unsaturated/α-hetero) is 1. The number of carbonyl (C=O) groups is 2. The van der Waals surface area contributed by atoms with E-state index in [1.54, 1.807) is 33.3 Å². The monoisotopic (exact) mass is 573 g/mol. The van der Waals surface area contributed by atoms with E-state index in [-0.39, 0.29) is 35.8 Å². The van der Waals surface area contributed by atoms with E-state index in [0.717, 1.165) is 11.3 Å². The van der Waals surface area contributed by atoms with Gasteiger partial charge in [0.2, 0.25) is 0 Å². The summed E-state index contributed by atoms with van der Waals surface area (Å²) in [5, 5.41) is 3.31. The second-order valence-electron chi connectivity index (χ2n) is 8.93. The van der Waals surface area contributed by atoms with Crippen LogP contribution in [0.1, 0.15) is 42.7 Å². The van der Waals surface area contributed by atoms with Crippen LogP contribution in [0.15, 0.2) is 63.4 Å². The van der Waals surface area contributed by atoms with Gasteiger partial charge in [-0.1, -0.05) is 12.1 Å². The number of dihydropyridines is 1. The third-order valence-corrected chi connectivity index (χ3v) is 7.33. The van der Waals surface area contributed by atoms with E-state index in [1.807, 2.05) is 18.2 Å². The average molecular weight is 574 g/mol. The lowest BCUT2D eigenvalue weighted by atomic mass is 9.71. The molecule has 0 saturated carbocycles. The Balaban J connectivity index is 1.75. The third kappa shape index (κ3) is 5.43. The molecule has 0 aromatic heterocycles. The molecular weight excluding hydrogens is 545 g/mol. The van der Waals surface area contributed by atoms with Gasteiger partial charge in [0.25, 0.3) is 0 Å². The van der Waals surface area contributed by atoms with Crippen molar-refractivity contribution in [3.63, 3.8) is 0 Å². The minimum atomic E-state index is -0.693. The van der Waals surface area contributed by atoms with Crippen molar-refractivity contribution < 1.29 is 32.9 Å². The SMILES string of the molecule is COCCOC(=O)C1=C(C)NC2=C(C(=O)C[C@@H](c3ccc(OC)c(OC)c3)C2)[C@@H]1c1ccc(F)c(Br)c1. The Bertz CT molecular complexity index is 1290. The molecule has 0 amide bonds. The number of ketones is 1. The van der Waals surface area contributed by atoms with Crippen molar-refractivity contribution in [3.8, 4) is 11.5 Å². The van der Waals surface area contributed by atoms with E-state index in [2.05, 4.69) is 21.2 Å². The largest absolute Gasteiger partial charge is 0.493 e. The maximum atomic E-state index is 14.1. The highest BCUT2D eigenvalue weighted by Gasteiger charge is 2.41. The molecule has 0 fully saturated rings. The summed E-state index contributed by atoms with van der Waals surface area (Å²) in [6.45, 7) is 2.11. The number of methoxy groups -OCH3 is 3. The first-order valence-electron chi connectivity index (χ1n) is 11.9. The third-order valence-electron chi connectivity index (χ3n) is 6.72. The molecule has 9 heteroatoms. The smallest absolute Gasteiger partial charge is 0.336 e. The normalized spacial score (nSPS) is 19.4. The molecule has 0 saturated heterocycles. The van der Waals surface area contributed by atoms with Gasteiger partial charge in [-0.15, -0.1) is 0 Å². The molecule has 2 atom stereocenters. The highest BCUT2D eigenvalue weighted by Crippen LogP contribution is 2.47. The van der Waals surface area contributed by atoms with E-state index < -0.39 is 17.7 Å². The zero-order valence-electron chi connectivity index (χ0n) is 21.2. The molecule has 1 aliphatic heterocycles. The molecule has 0 spiro atoms. The maximum Gasteiger partial charge on any atom is 0.336 e. The average Bonchev–Trinajstić information content (AvgIpc) is 2.88. The molecule has 0 radical (unpaired) electrons. The van der Waals surface area contributed by atoms with Gasteiger partial charge in [0.15, 0.2) is 17.3 Å². The number of carbonyl (C=O) groups excluding carboxylic acids is 2. The Kier molecular flexibility index (Phi) is 8.34. The summed E-state index contributed by atoms with van der Waals surface area (Å²) in [5.41, 5.74) is 3.73. The number of allylic oxidation sites excluding steroid dienone is 3. The second-order valence-corrected chi connectivity index (χ2v) is 9.79. The standard InChI is InChI=1S/C28H29BrFNO6/c1-15-25(28(33)37-10-9-34-2)26(17-5-7-20(30)19(29)11-17)27-21(31-15)12-18(13-22(27)32)16-6-8-23(35-3)24(14-16)36-4/h5-8,11,14,18,26,31H,9-10,12-13H2,1-4H3/t18-,26+/m0/s1. The van der Waals surface area contributed by atoms with Crippen molar-refractivity contribution in [2.45, 2.75) is 31.6 Å². The van der Waals surface area contributed by atoms with Gasteiger partial charge < -0.3 is 24.3 Å². The predicted molar refractivity (Wildman–Crippen MR) is 139 cm³/mol. The minimum Gasteiger partial charge on any atom is -0.493 e. The molecule has 2 aromatic rings. The van der Waals surface area contributed by atoms with Gasteiger partial charge in [-0.25, -0.2) is 9.18 Å². The Morgan fingerprint density at radius 3 is 2.43 bits per heavy atom. The minimum absolute atomic E-state index is 0.0766. The summed E-state index contributed by atoms with van der Waals surface area (Å²) in [5.74, 6) is -0.650. The number of hydrogen-bond acceptors (Lipinski definition) is 7. The Morgan fingerprint density at radius 1 is 1.03 bits per heavy atom. The summed E-state index contributed by atoms with van der Waals surface area (Å²) in [4.78, 5) is 26.9. The van der Waals surface area contributed by atoms with Crippen molar-refractivity contribution in [3.05, 3.63) is 80.4 Å². The van der Waals surface area contributed by atoms with Crippen LogP contribution >= 0.6 is 15.9 Å². The molecule has 0 bridgehead atoms. The van der Waals surface area contributed by atoms with Crippen LogP contribution in [0.5, 0.6) is 11.5 Å². The molecule has 1 N–H and O–H groups in total. The first-order chi connectivity index (χ1) is 17.8. The molecule has 196 valence electrons. The molecule has 1 aliphatic carbocycles. The molecule has 37 heavy (non-hydrogen) atoms. The molecule has 4 rings (SSSR count). The number of rotatable bonds is 8. The van der Waals surface area contributed by atoms with Crippen molar-refractivity contribution >= 4 is 27.7 Å². The zero-order chi connectivity index (χ0) is 26.7. The number of esters is 1. The van der Waals surface area contributed by atoms with E-state index in [9.17, 15) is 14.0 Å². The van der Waals surface area contributed by atoms with Gasteiger partial charge in [-0.3, -0.25) is 4.79 Å². The van der Waals surface area contributed by atoms with Crippen LogP contribution in [0.2, 0.25) is 0 Å². The molecule has 0 unspecified atom stereocenters. The predicted octanol–water partition coefficient (Wildman–Crippen LogP) is 5.16. The summed E-state index contributed by atoms with van der Waals surface area (Å²) in [6.07, 6.45) is 0.804. The van der Waals surface area contributed by atoms with Crippen LogP contribution in [0.3, 0.4) is 0 Å². The van der Waals surface area contributed by atoms with E-state index in [1.165, 1.54) is 13.2 Å². The first-order valence-corrected chi connectivity index (χ1v) is 12.6. The van der Waals surface area contributed by atoms with Crippen molar-refractivity contribution in [2.75, 3.05) is 34.5 Å². The second kappa shape index (κ2) is 11.5. The molecule has 1 heterocycles. The lowest BCUT2D eigenvalue weighted by Crippen LogP contribution is -2.36. The number of benzene rings is 2. The van der Waals surface area contributed by atoms with Crippen LogP contribution < -0.4 is 14.8 Å². The van der Waals surface area contributed by atoms with E-state index in [4.69, 9.17) is 18.9 Å². The van der Waals surface area contributed by atoms with Crippen LogP contribution in [-0.2, 0) is 19.1 Å². The Labute approximate surface area is 223 Å². The molecule has 7 nitrogen and oxygen atoms in total. The highest BCUT2D eigenvalue weighted by atomic mass is 79.9. The lowest BCUT2D eigenvalue weighted by molar-refractivity contribution is -0.140. The van der Waals surface area contributed by atoms with Crippen LogP contribution in [0.25, 0.3) is 0 Å². The number of ether oxygens (including phenoxy) is 4. The van der Waals surface area contributed by atoms with Crippen molar-refractivity contribution in [1.29, 1.82) is 0 Å². The summed E-state index contributed by atoms with van der Waals surface area (Å²) in [6, 6.07) is 10.2. The zero-order valence-corrected chi connectivity index (χ0v) is 22.7. The maximum absolute atomic E-state index is 14.1. The highest BCUT2D eigenvalue weighted by molar-refractivity contribution is 9.10. The van der Waals surface area contributed by atoms with Crippen LogP contribution in [0, 0.1) is 5.82 Å².